The molecule has 3 N–H and O–H groups in total. The molecule has 0 bridgehead atoms. The Morgan fingerprint density at radius 3 is 2.61 bits per heavy atom. The topological polar surface area (TPSA) is 86.6 Å². The first-order valence-corrected chi connectivity index (χ1v) is 6.55. The number of aliphatic hydroxyl groups excluding tert-OH is 1. The van der Waals surface area contributed by atoms with Crippen molar-refractivity contribution in [3.63, 3.8) is 0 Å². The molecule has 0 aliphatic carbocycles. The lowest BCUT2D eigenvalue weighted by molar-refractivity contribution is -0.139. The predicted octanol–water partition coefficient (Wildman–Crippen LogP) is 1.18. The number of rotatable bonds is 6. The van der Waals surface area contributed by atoms with E-state index in [-0.39, 0.29) is 13.0 Å². The molecule has 1 rings (SSSR count). The van der Waals surface area contributed by atoms with E-state index < -0.39 is 17.9 Å². The molecular formula is C12H17NO4S. The molecule has 0 aliphatic heterocycles. The summed E-state index contributed by atoms with van der Waals surface area (Å²) in [6.07, 6.45) is 0.856. The predicted molar refractivity (Wildman–Crippen MR) is 69.0 cm³/mol. The number of aryl methyl sites for hydroxylation is 2. The second kappa shape index (κ2) is 6.51. The van der Waals surface area contributed by atoms with Crippen LogP contribution in [0, 0.1) is 6.92 Å². The minimum Gasteiger partial charge on any atom is -0.480 e. The van der Waals surface area contributed by atoms with Crippen molar-refractivity contribution in [2.24, 2.45) is 0 Å². The van der Waals surface area contributed by atoms with Crippen molar-refractivity contribution >= 4 is 23.2 Å². The molecule has 6 heteroatoms. The second-order valence-corrected chi connectivity index (χ2v) is 5.08. The van der Waals surface area contributed by atoms with E-state index in [1.165, 1.54) is 11.3 Å². The van der Waals surface area contributed by atoms with Gasteiger partial charge in [-0.2, -0.15) is 0 Å². The maximum atomic E-state index is 11.9. The van der Waals surface area contributed by atoms with Crippen molar-refractivity contribution in [1.82, 2.24) is 5.32 Å². The summed E-state index contributed by atoms with van der Waals surface area (Å²) in [6, 6.07) is 0.714. The minimum absolute atomic E-state index is 0.00602. The van der Waals surface area contributed by atoms with Gasteiger partial charge in [0, 0.05) is 17.9 Å². The highest BCUT2D eigenvalue weighted by Crippen LogP contribution is 2.22. The molecule has 1 heterocycles. The molecule has 0 unspecified atom stereocenters. The molecule has 18 heavy (non-hydrogen) atoms. The molecule has 0 aromatic carbocycles. The van der Waals surface area contributed by atoms with Gasteiger partial charge in [0.15, 0.2) is 0 Å². The van der Waals surface area contributed by atoms with Crippen molar-refractivity contribution in [2.45, 2.75) is 32.7 Å². The van der Waals surface area contributed by atoms with Crippen LogP contribution in [-0.4, -0.2) is 34.7 Å². The van der Waals surface area contributed by atoms with Crippen LogP contribution in [0.25, 0.3) is 0 Å². The number of amides is 1. The summed E-state index contributed by atoms with van der Waals surface area (Å²) >= 11 is 1.37. The molecule has 0 spiro atoms. The molecule has 1 amide bonds. The SMILES string of the molecule is CCc1sc(C(=O)N[C@H](CCO)C(=O)O)cc1C. The highest BCUT2D eigenvalue weighted by Gasteiger charge is 2.21. The highest BCUT2D eigenvalue weighted by molar-refractivity contribution is 7.14. The molecule has 0 radical (unpaired) electrons. The summed E-state index contributed by atoms with van der Waals surface area (Å²) in [5, 5.41) is 20.0. The Labute approximate surface area is 109 Å². The third kappa shape index (κ3) is 3.54. The van der Waals surface area contributed by atoms with E-state index in [1.54, 1.807) is 6.07 Å². The number of nitrogens with one attached hydrogen (secondary N) is 1. The third-order valence-corrected chi connectivity index (χ3v) is 3.97. The third-order valence-electron chi connectivity index (χ3n) is 2.59. The van der Waals surface area contributed by atoms with E-state index in [2.05, 4.69) is 5.32 Å². The number of carboxylic acids is 1. The zero-order valence-corrected chi connectivity index (χ0v) is 11.2. The average molecular weight is 271 g/mol. The highest BCUT2D eigenvalue weighted by atomic mass is 32.1. The first kappa shape index (κ1) is 14.7. The van der Waals surface area contributed by atoms with Gasteiger partial charge >= 0.3 is 5.97 Å². The molecule has 1 aromatic heterocycles. The number of carbonyl (C=O) groups excluding carboxylic acids is 1. The van der Waals surface area contributed by atoms with Crippen molar-refractivity contribution < 1.29 is 19.8 Å². The van der Waals surface area contributed by atoms with Gasteiger partial charge in [-0.1, -0.05) is 6.92 Å². The maximum absolute atomic E-state index is 11.9. The molecule has 5 nitrogen and oxygen atoms in total. The van der Waals surface area contributed by atoms with Crippen LogP contribution in [-0.2, 0) is 11.2 Å². The van der Waals surface area contributed by atoms with Crippen LogP contribution in [0.1, 0.15) is 33.5 Å². The first-order chi connectivity index (χ1) is 8.49. The number of aliphatic hydroxyl groups is 1. The van der Waals surface area contributed by atoms with Crippen molar-refractivity contribution in [2.75, 3.05) is 6.61 Å². The van der Waals surface area contributed by atoms with E-state index in [0.717, 1.165) is 16.9 Å². The second-order valence-electron chi connectivity index (χ2n) is 3.95. The fourth-order valence-electron chi connectivity index (χ4n) is 1.60. The molecule has 100 valence electrons. The molecule has 1 atom stereocenters. The lowest BCUT2D eigenvalue weighted by Crippen LogP contribution is -2.41. The molecule has 0 saturated carbocycles. The largest absolute Gasteiger partial charge is 0.480 e. The van der Waals surface area contributed by atoms with Crippen molar-refractivity contribution in [3.8, 4) is 0 Å². The number of aliphatic carboxylic acids is 1. The zero-order valence-electron chi connectivity index (χ0n) is 10.4. The monoisotopic (exact) mass is 271 g/mol. The minimum atomic E-state index is -1.14. The average Bonchev–Trinajstić information content (AvgIpc) is 2.69. The summed E-state index contributed by atoms with van der Waals surface area (Å²) in [7, 11) is 0. The van der Waals surface area contributed by atoms with E-state index in [0.29, 0.717) is 4.88 Å². The van der Waals surface area contributed by atoms with Crippen LogP contribution in [0.5, 0.6) is 0 Å². The Morgan fingerprint density at radius 2 is 2.17 bits per heavy atom. The van der Waals surface area contributed by atoms with Crippen molar-refractivity contribution in [1.29, 1.82) is 0 Å². The Kier molecular flexibility index (Phi) is 5.30. The van der Waals surface area contributed by atoms with Crippen LogP contribution in [0.4, 0.5) is 0 Å². The van der Waals surface area contributed by atoms with Gasteiger partial charge in [0.05, 0.1) is 4.88 Å². The molecule has 0 aliphatic rings. The number of carbonyl (C=O) groups is 2. The number of hydrogen-bond acceptors (Lipinski definition) is 4. The lowest BCUT2D eigenvalue weighted by atomic mass is 10.2. The summed E-state index contributed by atoms with van der Waals surface area (Å²) in [6.45, 7) is 3.65. The van der Waals surface area contributed by atoms with Crippen LogP contribution < -0.4 is 5.32 Å². The van der Waals surface area contributed by atoms with Crippen LogP contribution >= 0.6 is 11.3 Å². The van der Waals surface area contributed by atoms with Crippen LogP contribution in [0.15, 0.2) is 6.07 Å². The van der Waals surface area contributed by atoms with E-state index in [4.69, 9.17) is 10.2 Å². The van der Waals surface area contributed by atoms with Gasteiger partial charge in [0.25, 0.3) is 5.91 Å². The molecular weight excluding hydrogens is 254 g/mol. The molecule has 1 aromatic rings. The summed E-state index contributed by atoms with van der Waals surface area (Å²) in [5.74, 6) is -1.54. The summed E-state index contributed by atoms with van der Waals surface area (Å²) < 4.78 is 0. The number of carboxylic acid groups (broad SMARTS) is 1. The Morgan fingerprint density at radius 1 is 1.50 bits per heavy atom. The quantitative estimate of drug-likeness (QED) is 0.725. The van der Waals surface area contributed by atoms with Gasteiger partial charge in [-0.3, -0.25) is 4.79 Å². The van der Waals surface area contributed by atoms with E-state index in [9.17, 15) is 9.59 Å². The number of thiophene rings is 1. The lowest BCUT2D eigenvalue weighted by Gasteiger charge is -2.12. The fraction of sp³-hybridized carbons (Fsp3) is 0.500. The van der Waals surface area contributed by atoms with Gasteiger partial charge < -0.3 is 15.5 Å². The Balaban J connectivity index is 2.77. The summed E-state index contributed by atoms with van der Waals surface area (Å²) in [5.41, 5.74) is 1.04. The first-order valence-electron chi connectivity index (χ1n) is 5.73. The van der Waals surface area contributed by atoms with Gasteiger partial charge in [-0.25, -0.2) is 4.79 Å². The molecule has 0 fully saturated rings. The Hall–Kier alpha value is -1.40. The fourth-order valence-corrected chi connectivity index (χ4v) is 2.62. The maximum Gasteiger partial charge on any atom is 0.326 e. The van der Waals surface area contributed by atoms with Crippen molar-refractivity contribution in [3.05, 3.63) is 21.4 Å². The smallest absolute Gasteiger partial charge is 0.326 e. The van der Waals surface area contributed by atoms with Gasteiger partial charge in [-0.05, 0) is 25.0 Å². The Bertz CT molecular complexity index is 441. The number of hydrogen-bond donors (Lipinski definition) is 3. The standard InChI is InChI=1S/C12H17NO4S/c1-3-9-7(2)6-10(18-9)11(15)13-8(4-5-14)12(16)17/h6,8,14H,3-5H2,1-2H3,(H,13,15)(H,16,17)/t8-/m1/s1. The zero-order chi connectivity index (χ0) is 13.7. The van der Waals surface area contributed by atoms with E-state index >= 15 is 0 Å². The van der Waals surface area contributed by atoms with Crippen LogP contribution in [0.3, 0.4) is 0 Å². The van der Waals surface area contributed by atoms with Gasteiger partial charge in [0.1, 0.15) is 6.04 Å². The molecule has 0 saturated heterocycles. The van der Waals surface area contributed by atoms with Crippen LogP contribution in [0.2, 0.25) is 0 Å². The summed E-state index contributed by atoms with van der Waals surface area (Å²) in [4.78, 5) is 24.4. The normalized spacial score (nSPS) is 12.2. The van der Waals surface area contributed by atoms with Gasteiger partial charge in [0.2, 0.25) is 0 Å². The van der Waals surface area contributed by atoms with E-state index in [1.807, 2.05) is 13.8 Å². The van der Waals surface area contributed by atoms with Gasteiger partial charge in [-0.15, -0.1) is 11.3 Å².